The lowest BCUT2D eigenvalue weighted by Gasteiger charge is -2.30. The molecule has 3 aliphatic rings. The molecular formula is C18H25N3O8S. The molecule has 2 saturated heterocycles. The monoisotopic (exact) mass is 443 g/mol. The Morgan fingerprint density at radius 2 is 2.03 bits per heavy atom. The Morgan fingerprint density at radius 1 is 1.27 bits per heavy atom. The molecule has 1 aromatic rings. The van der Waals surface area contributed by atoms with Crippen LogP contribution in [0.5, 0.6) is 5.75 Å². The molecule has 12 heteroatoms. The van der Waals surface area contributed by atoms with Gasteiger partial charge in [0, 0.05) is 32.1 Å². The van der Waals surface area contributed by atoms with Crippen molar-refractivity contribution in [3.8, 4) is 5.75 Å². The zero-order valence-corrected chi connectivity index (χ0v) is 17.1. The number of fused-ring (bicyclic) bond motifs is 4. The van der Waals surface area contributed by atoms with E-state index < -0.39 is 22.0 Å². The summed E-state index contributed by atoms with van der Waals surface area (Å²) in [6.45, 7) is 2.69. The van der Waals surface area contributed by atoms with E-state index in [-0.39, 0.29) is 30.4 Å². The summed E-state index contributed by atoms with van der Waals surface area (Å²) >= 11 is 0. The van der Waals surface area contributed by atoms with E-state index in [0.717, 1.165) is 0 Å². The summed E-state index contributed by atoms with van der Waals surface area (Å²) in [6, 6.07) is 4.42. The molecule has 11 nitrogen and oxygen atoms in total. The van der Waals surface area contributed by atoms with Crippen LogP contribution in [0.25, 0.3) is 0 Å². The van der Waals surface area contributed by atoms with Crippen LogP contribution in [0, 0.1) is 5.92 Å². The van der Waals surface area contributed by atoms with Crippen LogP contribution in [0.15, 0.2) is 23.1 Å². The summed E-state index contributed by atoms with van der Waals surface area (Å²) in [5.74, 6) is -0.331. The fourth-order valence-corrected chi connectivity index (χ4v) is 5.64. The van der Waals surface area contributed by atoms with Crippen molar-refractivity contribution in [2.75, 3.05) is 57.9 Å². The van der Waals surface area contributed by atoms with Crippen molar-refractivity contribution in [1.29, 1.82) is 0 Å². The number of hydrogen-bond acceptors (Lipinski definition) is 8. The van der Waals surface area contributed by atoms with Gasteiger partial charge in [0.05, 0.1) is 36.4 Å². The van der Waals surface area contributed by atoms with E-state index in [0.29, 0.717) is 50.8 Å². The van der Waals surface area contributed by atoms with Crippen molar-refractivity contribution >= 4 is 28.2 Å². The molecule has 2 atom stereocenters. The first-order valence-electron chi connectivity index (χ1n) is 9.47. The van der Waals surface area contributed by atoms with Gasteiger partial charge < -0.3 is 25.0 Å². The standard InChI is InChI=1S/C17H23N3O6S.CH2O2/c21-17(22)9-19-6-12-7-20(13(8-19)11-25-10-12)27(23,24)14-1-2-16-15(5-14)18-3-4-26-16;2-1-3/h1-2,5,12-13,18H,3-4,6-11H2,(H,21,22);1H,(H,2,3)/t12-,13-;/m0./s1. The van der Waals surface area contributed by atoms with E-state index >= 15 is 0 Å². The Morgan fingerprint density at radius 3 is 2.77 bits per heavy atom. The van der Waals surface area contributed by atoms with Crippen molar-refractivity contribution in [2.45, 2.75) is 10.9 Å². The van der Waals surface area contributed by atoms with Gasteiger partial charge in [-0.15, -0.1) is 0 Å². The number of rotatable bonds is 4. The SMILES string of the molecule is O=C(O)CN1C[C@@H]2COC[C@H](C1)N(S(=O)(=O)c1ccc3c(c1)NCCO3)C2.O=CO. The van der Waals surface area contributed by atoms with E-state index in [4.69, 9.17) is 24.5 Å². The van der Waals surface area contributed by atoms with E-state index in [1.807, 2.05) is 0 Å². The molecule has 4 rings (SSSR count). The van der Waals surface area contributed by atoms with Crippen LogP contribution in [0.3, 0.4) is 0 Å². The number of carboxylic acid groups (broad SMARTS) is 2. The van der Waals surface area contributed by atoms with Gasteiger partial charge in [0.1, 0.15) is 12.4 Å². The smallest absolute Gasteiger partial charge is 0.317 e. The van der Waals surface area contributed by atoms with Crippen molar-refractivity contribution in [1.82, 2.24) is 9.21 Å². The molecule has 0 radical (unpaired) electrons. The van der Waals surface area contributed by atoms with Crippen LogP contribution < -0.4 is 10.1 Å². The number of anilines is 1. The Balaban J connectivity index is 0.000000806. The Labute approximate surface area is 174 Å². The first-order valence-corrected chi connectivity index (χ1v) is 10.9. The minimum atomic E-state index is -3.74. The summed E-state index contributed by atoms with van der Waals surface area (Å²) in [6.07, 6.45) is 0. The number of carboxylic acids is 1. The number of nitrogens with one attached hydrogen (secondary N) is 1. The maximum absolute atomic E-state index is 13.4. The first kappa shape index (κ1) is 22.3. The Bertz CT molecular complexity index is 878. The van der Waals surface area contributed by atoms with E-state index in [9.17, 15) is 13.2 Å². The molecule has 1 aromatic carbocycles. The molecule has 166 valence electrons. The minimum Gasteiger partial charge on any atom is -0.490 e. The molecule has 0 unspecified atom stereocenters. The summed E-state index contributed by atoms with van der Waals surface area (Å²) < 4.78 is 39.4. The third kappa shape index (κ3) is 5.01. The maximum Gasteiger partial charge on any atom is 0.317 e. The van der Waals surface area contributed by atoms with Crippen molar-refractivity contribution in [3.05, 3.63) is 18.2 Å². The predicted octanol–water partition coefficient (Wildman–Crippen LogP) is -0.402. The van der Waals surface area contributed by atoms with E-state index in [2.05, 4.69) is 5.32 Å². The molecule has 0 saturated carbocycles. The lowest BCUT2D eigenvalue weighted by Crippen LogP contribution is -2.47. The molecule has 30 heavy (non-hydrogen) atoms. The molecule has 0 amide bonds. The first-order chi connectivity index (χ1) is 14.3. The number of nitrogens with zero attached hydrogens (tertiary/aromatic N) is 2. The number of hydrogen-bond donors (Lipinski definition) is 3. The van der Waals surface area contributed by atoms with Gasteiger partial charge in [-0.25, -0.2) is 8.42 Å². The molecular weight excluding hydrogens is 418 g/mol. The zero-order valence-electron chi connectivity index (χ0n) is 16.3. The molecule has 3 heterocycles. The number of ether oxygens (including phenoxy) is 2. The lowest BCUT2D eigenvalue weighted by atomic mass is 10.1. The highest BCUT2D eigenvalue weighted by Crippen LogP contribution is 2.33. The maximum atomic E-state index is 13.4. The van der Waals surface area contributed by atoms with Gasteiger partial charge in [0.15, 0.2) is 0 Å². The summed E-state index contributed by atoms with van der Waals surface area (Å²) in [5.41, 5.74) is 0.670. The Kier molecular flexibility index (Phi) is 7.13. The predicted molar refractivity (Wildman–Crippen MR) is 105 cm³/mol. The van der Waals surface area contributed by atoms with Gasteiger partial charge in [-0.1, -0.05) is 0 Å². The molecule has 3 aliphatic heterocycles. The summed E-state index contributed by atoms with van der Waals surface area (Å²) in [4.78, 5) is 21.5. The average Bonchev–Trinajstić information content (AvgIpc) is 2.99. The average molecular weight is 443 g/mol. The highest BCUT2D eigenvalue weighted by molar-refractivity contribution is 7.89. The second kappa shape index (κ2) is 9.60. The molecule has 3 N–H and O–H groups in total. The van der Waals surface area contributed by atoms with Crippen LogP contribution in [-0.4, -0.2) is 98.9 Å². The van der Waals surface area contributed by atoms with Crippen molar-refractivity contribution in [3.63, 3.8) is 0 Å². The summed E-state index contributed by atoms with van der Waals surface area (Å²) in [7, 11) is -3.74. The highest BCUT2D eigenvalue weighted by atomic mass is 32.2. The van der Waals surface area contributed by atoms with E-state index in [1.165, 1.54) is 4.31 Å². The zero-order chi connectivity index (χ0) is 21.7. The Hall–Kier alpha value is -2.41. The number of sulfonamides is 1. The molecule has 2 fully saturated rings. The van der Waals surface area contributed by atoms with Crippen molar-refractivity contribution in [2.24, 2.45) is 5.92 Å². The number of aliphatic carboxylic acids is 1. The number of benzene rings is 1. The van der Waals surface area contributed by atoms with Crippen LogP contribution in [-0.2, 0) is 24.3 Å². The van der Waals surface area contributed by atoms with Gasteiger partial charge >= 0.3 is 5.97 Å². The van der Waals surface area contributed by atoms with Crippen LogP contribution >= 0.6 is 0 Å². The number of carbonyl (C=O) groups is 2. The molecule has 0 spiro atoms. The fraction of sp³-hybridized carbons (Fsp3) is 0.556. The highest BCUT2D eigenvalue weighted by Gasteiger charge is 2.40. The van der Waals surface area contributed by atoms with Gasteiger partial charge in [0.25, 0.3) is 6.47 Å². The molecule has 2 bridgehead atoms. The van der Waals surface area contributed by atoms with Crippen LogP contribution in [0.4, 0.5) is 5.69 Å². The minimum absolute atomic E-state index is 0.0642. The van der Waals surface area contributed by atoms with Gasteiger partial charge in [-0.05, 0) is 18.2 Å². The van der Waals surface area contributed by atoms with Crippen LogP contribution in [0.2, 0.25) is 0 Å². The third-order valence-electron chi connectivity index (χ3n) is 5.09. The quantitative estimate of drug-likeness (QED) is 0.525. The summed E-state index contributed by atoms with van der Waals surface area (Å²) in [5, 5.41) is 19.2. The largest absolute Gasteiger partial charge is 0.490 e. The molecule has 0 aromatic heterocycles. The third-order valence-corrected chi connectivity index (χ3v) is 7.00. The van der Waals surface area contributed by atoms with Gasteiger partial charge in [-0.3, -0.25) is 14.5 Å². The normalized spacial score (nSPS) is 24.1. The topological polar surface area (TPSA) is 146 Å². The van der Waals surface area contributed by atoms with Crippen LogP contribution in [0.1, 0.15) is 0 Å². The second-order valence-corrected chi connectivity index (χ2v) is 9.15. The van der Waals surface area contributed by atoms with Gasteiger partial charge in [-0.2, -0.15) is 4.31 Å². The second-order valence-electron chi connectivity index (χ2n) is 7.26. The molecule has 0 aliphatic carbocycles. The van der Waals surface area contributed by atoms with Crippen molar-refractivity contribution < 1.29 is 37.7 Å². The lowest BCUT2D eigenvalue weighted by molar-refractivity contribution is -0.138. The van der Waals surface area contributed by atoms with Gasteiger partial charge in [0.2, 0.25) is 10.0 Å². The van der Waals surface area contributed by atoms with E-state index in [1.54, 1.807) is 23.1 Å². The fourth-order valence-electron chi connectivity index (χ4n) is 3.93.